The molecule has 1 amide bonds. The molecule has 0 saturated heterocycles. The first-order valence-corrected chi connectivity index (χ1v) is 8.28. The number of anilines is 1. The van der Waals surface area contributed by atoms with Crippen molar-refractivity contribution in [2.75, 3.05) is 5.32 Å². The number of rotatable bonds is 6. The molecule has 1 aliphatic carbocycles. The molecular formula is C19H18ClNO3. The SMILES string of the molecule is O=C(O)CCc1cccc(NC(=O)C2CC2c2ccccc2Cl)c1. The van der Waals surface area contributed by atoms with E-state index in [0.717, 1.165) is 17.5 Å². The van der Waals surface area contributed by atoms with Crippen LogP contribution in [0, 0.1) is 5.92 Å². The third-order valence-electron chi connectivity index (χ3n) is 4.25. The molecule has 4 nitrogen and oxygen atoms in total. The van der Waals surface area contributed by atoms with Crippen molar-refractivity contribution in [1.29, 1.82) is 0 Å². The molecule has 24 heavy (non-hydrogen) atoms. The molecule has 124 valence electrons. The van der Waals surface area contributed by atoms with E-state index >= 15 is 0 Å². The fourth-order valence-corrected chi connectivity index (χ4v) is 3.17. The summed E-state index contributed by atoms with van der Waals surface area (Å²) < 4.78 is 0. The first-order valence-electron chi connectivity index (χ1n) is 7.90. The van der Waals surface area contributed by atoms with Crippen LogP contribution in [0.5, 0.6) is 0 Å². The summed E-state index contributed by atoms with van der Waals surface area (Å²) in [6, 6.07) is 14.9. The van der Waals surface area contributed by atoms with Gasteiger partial charge in [0.2, 0.25) is 5.91 Å². The van der Waals surface area contributed by atoms with Crippen molar-refractivity contribution in [3.63, 3.8) is 0 Å². The van der Waals surface area contributed by atoms with Gasteiger partial charge in [0.25, 0.3) is 0 Å². The molecule has 0 heterocycles. The summed E-state index contributed by atoms with van der Waals surface area (Å²) in [6.07, 6.45) is 1.33. The van der Waals surface area contributed by atoms with Gasteiger partial charge in [-0.3, -0.25) is 9.59 Å². The fraction of sp³-hybridized carbons (Fsp3) is 0.263. The van der Waals surface area contributed by atoms with Gasteiger partial charge < -0.3 is 10.4 Å². The lowest BCUT2D eigenvalue weighted by molar-refractivity contribution is -0.137. The average Bonchev–Trinajstić information content (AvgIpc) is 3.34. The molecule has 5 heteroatoms. The van der Waals surface area contributed by atoms with E-state index in [0.29, 0.717) is 17.1 Å². The van der Waals surface area contributed by atoms with Gasteiger partial charge in [-0.2, -0.15) is 0 Å². The molecular weight excluding hydrogens is 326 g/mol. The van der Waals surface area contributed by atoms with E-state index in [1.54, 1.807) is 0 Å². The number of hydrogen-bond acceptors (Lipinski definition) is 2. The van der Waals surface area contributed by atoms with Crippen molar-refractivity contribution < 1.29 is 14.7 Å². The van der Waals surface area contributed by atoms with E-state index in [4.69, 9.17) is 16.7 Å². The molecule has 2 aromatic carbocycles. The zero-order chi connectivity index (χ0) is 17.1. The lowest BCUT2D eigenvalue weighted by atomic mass is 10.1. The smallest absolute Gasteiger partial charge is 0.303 e. The predicted molar refractivity (Wildman–Crippen MR) is 93.3 cm³/mol. The number of carboxylic acid groups (broad SMARTS) is 1. The van der Waals surface area contributed by atoms with E-state index in [1.165, 1.54) is 0 Å². The molecule has 1 aliphatic rings. The third-order valence-corrected chi connectivity index (χ3v) is 4.60. The normalized spacial score (nSPS) is 18.9. The van der Waals surface area contributed by atoms with Gasteiger partial charge >= 0.3 is 5.97 Å². The van der Waals surface area contributed by atoms with Gasteiger partial charge in [0.15, 0.2) is 0 Å². The van der Waals surface area contributed by atoms with E-state index in [9.17, 15) is 9.59 Å². The fourth-order valence-electron chi connectivity index (χ4n) is 2.90. The molecule has 0 radical (unpaired) electrons. The van der Waals surface area contributed by atoms with Crippen molar-refractivity contribution in [3.05, 3.63) is 64.7 Å². The van der Waals surface area contributed by atoms with E-state index in [-0.39, 0.29) is 24.2 Å². The summed E-state index contributed by atoms with van der Waals surface area (Å²) >= 11 is 6.19. The Kier molecular flexibility index (Phi) is 4.86. The second-order valence-corrected chi connectivity index (χ2v) is 6.46. The number of hydrogen-bond donors (Lipinski definition) is 2. The summed E-state index contributed by atoms with van der Waals surface area (Å²) in [7, 11) is 0. The molecule has 2 aromatic rings. The van der Waals surface area contributed by atoms with Gasteiger partial charge in [0.1, 0.15) is 0 Å². The van der Waals surface area contributed by atoms with E-state index < -0.39 is 5.97 Å². The number of carbonyl (C=O) groups is 2. The molecule has 2 atom stereocenters. The topological polar surface area (TPSA) is 66.4 Å². The first-order chi connectivity index (χ1) is 11.5. The Morgan fingerprint density at radius 1 is 1.17 bits per heavy atom. The maximum Gasteiger partial charge on any atom is 0.303 e. The summed E-state index contributed by atoms with van der Waals surface area (Å²) in [6.45, 7) is 0. The standard InChI is InChI=1S/C19H18ClNO3/c20-17-7-2-1-6-14(17)15-11-16(15)19(24)21-13-5-3-4-12(10-13)8-9-18(22)23/h1-7,10,15-16H,8-9,11H2,(H,21,24)(H,22,23). The second kappa shape index (κ2) is 7.05. The van der Waals surface area contributed by atoms with Gasteiger partial charge in [-0.15, -0.1) is 0 Å². The molecule has 2 N–H and O–H groups in total. The van der Waals surface area contributed by atoms with Crippen LogP contribution in [0.4, 0.5) is 5.69 Å². The van der Waals surface area contributed by atoms with Crippen LogP contribution in [0.2, 0.25) is 5.02 Å². The molecule has 0 aliphatic heterocycles. The maximum atomic E-state index is 12.4. The van der Waals surface area contributed by atoms with E-state index in [2.05, 4.69) is 5.32 Å². The zero-order valence-corrected chi connectivity index (χ0v) is 13.8. The molecule has 1 fully saturated rings. The van der Waals surface area contributed by atoms with E-state index in [1.807, 2.05) is 48.5 Å². The third kappa shape index (κ3) is 3.95. The number of carbonyl (C=O) groups excluding carboxylic acids is 1. The van der Waals surface area contributed by atoms with Gasteiger partial charge in [0, 0.05) is 23.0 Å². The van der Waals surface area contributed by atoms with Crippen molar-refractivity contribution in [1.82, 2.24) is 0 Å². The van der Waals surface area contributed by atoms with Crippen molar-refractivity contribution >= 4 is 29.2 Å². The summed E-state index contributed by atoms with van der Waals surface area (Å²) in [5, 5.41) is 12.4. The lowest BCUT2D eigenvalue weighted by Crippen LogP contribution is -2.14. The van der Waals surface area contributed by atoms with Gasteiger partial charge in [0.05, 0.1) is 0 Å². The Balaban J connectivity index is 1.61. The highest BCUT2D eigenvalue weighted by molar-refractivity contribution is 6.31. The Morgan fingerprint density at radius 2 is 1.96 bits per heavy atom. The summed E-state index contributed by atoms with van der Waals surface area (Å²) in [5.41, 5.74) is 2.62. The minimum atomic E-state index is -0.829. The number of aliphatic carboxylic acids is 1. The summed E-state index contributed by atoms with van der Waals surface area (Å²) in [5.74, 6) is -0.734. The van der Waals surface area contributed by atoms with Crippen LogP contribution in [0.15, 0.2) is 48.5 Å². The predicted octanol–water partition coefficient (Wildman–Crippen LogP) is 4.10. The number of amides is 1. The quantitative estimate of drug-likeness (QED) is 0.829. The highest BCUT2D eigenvalue weighted by Crippen LogP contribution is 2.49. The van der Waals surface area contributed by atoms with Crippen molar-refractivity contribution in [3.8, 4) is 0 Å². The average molecular weight is 344 g/mol. The van der Waals surface area contributed by atoms with Crippen LogP contribution in [0.25, 0.3) is 0 Å². The minimum absolute atomic E-state index is 0.0182. The molecule has 0 bridgehead atoms. The number of halogens is 1. The monoisotopic (exact) mass is 343 g/mol. The highest BCUT2D eigenvalue weighted by Gasteiger charge is 2.44. The Morgan fingerprint density at radius 3 is 2.71 bits per heavy atom. The number of carboxylic acids is 1. The lowest BCUT2D eigenvalue weighted by Gasteiger charge is -2.08. The van der Waals surface area contributed by atoms with Gasteiger partial charge in [-0.1, -0.05) is 41.9 Å². The number of aryl methyl sites for hydroxylation is 1. The molecule has 0 aromatic heterocycles. The summed E-state index contributed by atoms with van der Waals surface area (Å²) in [4.78, 5) is 23.0. The minimum Gasteiger partial charge on any atom is -0.481 e. The Labute approximate surface area is 145 Å². The number of benzene rings is 2. The molecule has 2 unspecified atom stereocenters. The highest BCUT2D eigenvalue weighted by atomic mass is 35.5. The van der Waals surface area contributed by atoms with Crippen molar-refractivity contribution in [2.24, 2.45) is 5.92 Å². The van der Waals surface area contributed by atoms with Crippen LogP contribution in [0.3, 0.4) is 0 Å². The van der Waals surface area contributed by atoms with Crippen LogP contribution in [-0.2, 0) is 16.0 Å². The Bertz CT molecular complexity index is 775. The number of nitrogens with one attached hydrogen (secondary N) is 1. The van der Waals surface area contributed by atoms with Crippen LogP contribution < -0.4 is 5.32 Å². The maximum absolute atomic E-state index is 12.4. The van der Waals surface area contributed by atoms with Crippen LogP contribution in [-0.4, -0.2) is 17.0 Å². The largest absolute Gasteiger partial charge is 0.481 e. The molecule has 3 rings (SSSR count). The van der Waals surface area contributed by atoms with Gasteiger partial charge in [-0.25, -0.2) is 0 Å². The molecule has 1 saturated carbocycles. The first kappa shape index (κ1) is 16.5. The molecule has 0 spiro atoms. The zero-order valence-electron chi connectivity index (χ0n) is 13.0. The van der Waals surface area contributed by atoms with Crippen LogP contribution >= 0.6 is 11.6 Å². The van der Waals surface area contributed by atoms with Gasteiger partial charge in [-0.05, 0) is 48.1 Å². The van der Waals surface area contributed by atoms with Crippen molar-refractivity contribution in [2.45, 2.75) is 25.2 Å². The Hall–Kier alpha value is -2.33. The van der Waals surface area contributed by atoms with Crippen LogP contribution in [0.1, 0.15) is 29.9 Å². The second-order valence-electron chi connectivity index (χ2n) is 6.05.